The molecule has 220 valence electrons. The van der Waals surface area contributed by atoms with Gasteiger partial charge in [-0.15, -0.1) is 0 Å². The van der Waals surface area contributed by atoms with Crippen LogP contribution in [0.5, 0.6) is 0 Å². The third-order valence-corrected chi connectivity index (χ3v) is 8.88. The van der Waals surface area contributed by atoms with Crippen LogP contribution in [0, 0.1) is 0 Å². The third-order valence-electron chi connectivity index (χ3n) is 8.88. The summed E-state index contributed by atoms with van der Waals surface area (Å²) in [6.07, 6.45) is 8.70. The van der Waals surface area contributed by atoms with E-state index in [1.807, 2.05) is 26.0 Å². The first-order valence-electron chi connectivity index (χ1n) is 16.1. The Morgan fingerprint density at radius 2 is 0.739 bits per heavy atom. The highest BCUT2D eigenvalue weighted by Crippen LogP contribution is 2.38. The molecule has 0 radical (unpaired) electrons. The van der Waals surface area contributed by atoms with Crippen LogP contribution in [0.15, 0.2) is 133 Å². The van der Waals surface area contributed by atoms with Gasteiger partial charge in [0, 0.05) is 43.4 Å². The van der Waals surface area contributed by atoms with E-state index in [0.717, 1.165) is 11.0 Å². The highest BCUT2D eigenvalue weighted by Gasteiger charge is 2.13. The molecule has 0 fully saturated rings. The normalized spacial score (nSPS) is 12.0. The van der Waals surface area contributed by atoms with Crippen LogP contribution in [0.3, 0.4) is 0 Å². The predicted octanol–water partition coefficient (Wildman–Crippen LogP) is 12.6. The van der Waals surface area contributed by atoms with E-state index in [9.17, 15) is 0 Å². The first-order valence-corrected chi connectivity index (χ1v) is 16.1. The fourth-order valence-corrected chi connectivity index (χ4v) is 6.66. The quantitative estimate of drug-likeness (QED) is 0.191. The first-order chi connectivity index (χ1) is 22.8. The van der Waals surface area contributed by atoms with Crippen LogP contribution in [0.1, 0.15) is 36.1 Å². The molecule has 0 amide bonds. The molecule has 2 heterocycles. The Balaban J connectivity index is 0.00000153. The second-order valence-electron chi connectivity index (χ2n) is 11.6. The van der Waals surface area contributed by atoms with E-state index in [2.05, 4.69) is 156 Å². The van der Waals surface area contributed by atoms with Gasteiger partial charge in [0.2, 0.25) is 0 Å². The van der Waals surface area contributed by atoms with E-state index < -0.39 is 0 Å². The zero-order valence-electron chi connectivity index (χ0n) is 26.0. The van der Waals surface area contributed by atoms with E-state index in [1.165, 1.54) is 76.4 Å². The molecule has 0 aliphatic carbocycles. The van der Waals surface area contributed by atoms with E-state index in [0.29, 0.717) is 0 Å². The van der Waals surface area contributed by atoms with Crippen molar-refractivity contribution < 1.29 is 0 Å². The van der Waals surface area contributed by atoms with Gasteiger partial charge in [0.25, 0.3) is 0 Å². The summed E-state index contributed by atoms with van der Waals surface area (Å²) in [5.41, 5.74) is 9.51. The molecule has 0 bridgehead atoms. The van der Waals surface area contributed by atoms with Gasteiger partial charge >= 0.3 is 0 Å². The van der Waals surface area contributed by atoms with Crippen molar-refractivity contribution in [2.24, 2.45) is 0 Å². The molecule has 2 heteroatoms. The Labute approximate surface area is 268 Å². The molecule has 0 saturated heterocycles. The molecular formula is C44H34N2. The highest BCUT2D eigenvalue weighted by atomic mass is 14.7. The van der Waals surface area contributed by atoms with Crippen LogP contribution in [-0.4, -0.2) is 9.97 Å². The average molecular weight is 591 g/mol. The molecule has 0 aliphatic heterocycles. The molecule has 2 nitrogen and oxygen atoms in total. The lowest BCUT2D eigenvalue weighted by Gasteiger charge is -2.02. The number of H-pyrrole nitrogens is 2. The van der Waals surface area contributed by atoms with Crippen LogP contribution in [0.25, 0.3) is 89.5 Å². The number of nitrogens with one attached hydrogen (secondary N) is 2. The Morgan fingerprint density at radius 3 is 1.17 bits per heavy atom. The van der Waals surface area contributed by atoms with Crippen molar-refractivity contribution in [2.75, 3.05) is 0 Å². The molecular weight excluding hydrogens is 556 g/mol. The number of aromatic nitrogens is 2. The van der Waals surface area contributed by atoms with Crippen molar-refractivity contribution in [1.82, 2.24) is 9.97 Å². The van der Waals surface area contributed by atoms with Gasteiger partial charge in [-0.1, -0.05) is 147 Å². The van der Waals surface area contributed by atoms with Crippen LogP contribution >= 0.6 is 0 Å². The van der Waals surface area contributed by atoms with Crippen molar-refractivity contribution in [1.29, 1.82) is 0 Å². The molecule has 0 saturated carbocycles. The summed E-state index contributed by atoms with van der Waals surface area (Å²) in [4.78, 5) is 7.56. The van der Waals surface area contributed by atoms with Crippen molar-refractivity contribution in [3.05, 3.63) is 156 Å². The number of hydrogen-bond acceptors (Lipinski definition) is 0. The van der Waals surface area contributed by atoms with E-state index in [1.54, 1.807) is 0 Å². The van der Waals surface area contributed by atoms with Gasteiger partial charge in [-0.05, 0) is 57.3 Å². The van der Waals surface area contributed by atoms with Crippen molar-refractivity contribution in [3.8, 4) is 0 Å². The summed E-state index contributed by atoms with van der Waals surface area (Å²) in [6.45, 7) is 4.00. The lowest BCUT2D eigenvalue weighted by Crippen LogP contribution is -1.79. The lowest BCUT2D eigenvalue weighted by atomic mass is 10.0. The van der Waals surface area contributed by atoms with Gasteiger partial charge in [-0.25, -0.2) is 0 Å². The zero-order chi connectivity index (χ0) is 31.0. The predicted molar refractivity (Wildman–Crippen MR) is 202 cm³/mol. The van der Waals surface area contributed by atoms with Gasteiger partial charge < -0.3 is 9.97 Å². The van der Waals surface area contributed by atoms with Gasteiger partial charge in [0.1, 0.15) is 0 Å². The minimum Gasteiger partial charge on any atom is -0.354 e. The summed E-state index contributed by atoms with van der Waals surface area (Å²) in [5.74, 6) is 0. The SMILES string of the molecule is C(=C\c1ccc2c(ccc3c4cc5[nH]c6c7ccc(/C=C/c8ccccc8)cc7ccc6c5cc4[nH]c23)c1)/c1ccccc1.CC. The molecule has 0 atom stereocenters. The zero-order valence-corrected chi connectivity index (χ0v) is 26.0. The topological polar surface area (TPSA) is 31.6 Å². The second kappa shape index (κ2) is 11.6. The summed E-state index contributed by atoms with van der Waals surface area (Å²) < 4.78 is 0. The summed E-state index contributed by atoms with van der Waals surface area (Å²) >= 11 is 0. The molecule has 0 aliphatic rings. The molecule has 7 aromatic carbocycles. The van der Waals surface area contributed by atoms with E-state index >= 15 is 0 Å². The minimum absolute atomic E-state index is 1.16. The third kappa shape index (κ3) is 4.85. The molecule has 0 spiro atoms. The maximum absolute atomic E-state index is 3.78. The number of fused-ring (bicyclic) bond motifs is 10. The molecule has 2 aromatic heterocycles. The fraction of sp³-hybridized carbons (Fsp3) is 0.0455. The van der Waals surface area contributed by atoms with Gasteiger partial charge in [-0.2, -0.15) is 0 Å². The molecule has 9 rings (SSSR count). The Hall–Kier alpha value is -5.86. The van der Waals surface area contributed by atoms with E-state index in [-0.39, 0.29) is 0 Å². The van der Waals surface area contributed by atoms with E-state index in [4.69, 9.17) is 0 Å². The lowest BCUT2D eigenvalue weighted by molar-refractivity contribution is 1.50. The van der Waals surface area contributed by atoms with Crippen molar-refractivity contribution in [3.63, 3.8) is 0 Å². The molecule has 9 aromatic rings. The molecule has 46 heavy (non-hydrogen) atoms. The maximum atomic E-state index is 3.78. The largest absolute Gasteiger partial charge is 0.354 e. The Kier molecular flexibility index (Phi) is 6.96. The van der Waals surface area contributed by atoms with Gasteiger partial charge in [-0.3, -0.25) is 0 Å². The second-order valence-corrected chi connectivity index (χ2v) is 11.6. The van der Waals surface area contributed by atoms with Crippen LogP contribution < -0.4 is 0 Å². The number of aromatic amines is 2. The first kappa shape index (κ1) is 27.7. The van der Waals surface area contributed by atoms with Gasteiger partial charge in [0.15, 0.2) is 0 Å². The Bertz CT molecular complexity index is 2400. The highest BCUT2D eigenvalue weighted by molar-refractivity contribution is 6.23. The van der Waals surface area contributed by atoms with Crippen LogP contribution in [0.2, 0.25) is 0 Å². The standard InChI is InChI=1S/C42H28N2.C2H6/c1-3-7-27(8-4-1)11-13-29-15-19-33-31(23-29)17-21-35-37-25-40-38(26-39(37)43-41(33)35)36-22-18-32-24-30(16-20-34(32)42(36)44-40)14-12-28-9-5-2-6-10-28;1-2/h1-26,43-44H;1-2H3/b13-11+,14-12+;. The summed E-state index contributed by atoms with van der Waals surface area (Å²) in [5, 5.41) is 9.94. The number of benzene rings is 7. The Morgan fingerprint density at radius 1 is 0.348 bits per heavy atom. The van der Waals surface area contributed by atoms with Crippen LogP contribution in [0.4, 0.5) is 0 Å². The molecule has 2 N–H and O–H groups in total. The van der Waals surface area contributed by atoms with Crippen LogP contribution in [-0.2, 0) is 0 Å². The van der Waals surface area contributed by atoms with Gasteiger partial charge in [0.05, 0.1) is 11.0 Å². The average Bonchev–Trinajstić information content (AvgIpc) is 3.68. The summed E-state index contributed by atoms with van der Waals surface area (Å²) in [7, 11) is 0. The smallest absolute Gasteiger partial charge is 0.0544 e. The monoisotopic (exact) mass is 590 g/mol. The maximum Gasteiger partial charge on any atom is 0.0544 e. The number of rotatable bonds is 4. The van der Waals surface area contributed by atoms with Crippen molar-refractivity contribution in [2.45, 2.75) is 13.8 Å². The fourth-order valence-electron chi connectivity index (χ4n) is 6.66. The minimum atomic E-state index is 1.16. The summed E-state index contributed by atoms with van der Waals surface area (Å²) in [6, 6.07) is 48.0. The number of hydrogen-bond donors (Lipinski definition) is 2. The molecule has 0 unspecified atom stereocenters. The van der Waals surface area contributed by atoms with Crippen molar-refractivity contribution >= 4 is 89.5 Å².